The van der Waals surface area contributed by atoms with Crippen molar-refractivity contribution < 1.29 is 0 Å². The molecule has 3 heteroatoms. The molecule has 0 amide bonds. The van der Waals surface area contributed by atoms with Gasteiger partial charge in [-0.15, -0.1) is 0 Å². The van der Waals surface area contributed by atoms with Crippen molar-refractivity contribution in [2.24, 2.45) is 0 Å². The third-order valence-electron chi connectivity index (χ3n) is 3.40. The predicted octanol–water partition coefficient (Wildman–Crippen LogP) is 4.69. The number of hydrogen-bond acceptors (Lipinski definition) is 1. The molecule has 21 heavy (non-hydrogen) atoms. The summed E-state index contributed by atoms with van der Waals surface area (Å²) >= 11 is 5.37. The van der Waals surface area contributed by atoms with Gasteiger partial charge < -0.3 is 10.6 Å². The van der Waals surface area contributed by atoms with E-state index >= 15 is 0 Å². The van der Waals surface area contributed by atoms with Gasteiger partial charge in [-0.05, 0) is 48.8 Å². The molecule has 1 unspecified atom stereocenters. The largest absolute Gasteiger partial charge is 0.356 e. The third-order valence-corrected chi connectivity index (χ3v) is 3.62. The highest BCUT2D eigenvalue weighted by Gasteiger charge is 2.06. The van der Waals surface area contributed by atoms with Gasteiger partial charge in [-0.25, -0.2) is 0 Å². The molecule has 2 aromatic carbocycles. The molecule has 0 bridgehead atoms. The van der Waals surface area contributed by atoms with Gasteiger partial charge in [0.05, 0.1) is 6.04 Å². The van der Waals surface area contributed by atoms with Crippen LogP contribution in [0.25, 0.3) is 0 Å². The van der Waals surface area contributed by atoms with Crippen LogP contribution in [0.2, 0.25) is 0 Å². The van der Waals surface area contributed by atoms with E-state index in [9.17, 15) is 0 Å². The molecule has 0 saturated heterocycles. The Hall–Kier alpha value is -1.87. The SMILES string of the molecule is CCCc1ccc(NC(=S)NC(C)c2ccccc2)cc1. The molecule has 0 spiro atoms. The molecule has 0 aromatic heterocycles. The van der Waals surface area contributed by atoms with Crippen LogP contribution in [-0.4, -0.2) is 5.11 Å². The van der Waals surface area contributed by atoms with Crippen molar-refractivity contribution in [3.63, 3.8) is 0 Å². The van der Waals surface area contributed by atoms with Gasteiger partial charge >= 0.3 is 0 Å². The first-order valence-electron chi connectivity index (χ1n) is 7.40. The second kappa shape index (κ2) is 7.79. The Balaban J connectivity index is 1.89. The maximum atomic E-state index is 5.37. The minimum atomic E-state index is 0.186. The lowest BCUT2D eigenvalue weighted by Crippen LogP contribution is -2.30. The van der Waals surface area contributed by atoms with Crippen molar-refractivity contribution in [2.75, 3.05) is 5.32 Å². The minimum Gasteiger partial charge on any atom is -0.356 e. The van der Waals surface area contributed by atoms with Crippen LogP contribution in [-0.2, 0) is 6.42 Å². The fraction of sp³-hybridized carbons (Fsp3) is 0.278. The number of hydrogen-bond donors (Lipinski definition) is 2. The Labute approximate surface area is 132 Å². The maximum Gasteiger partial charge on any atom is 0.171 e. The first-order chi connectivity index (χ1) is 10.2. The summed E-state index contributed by atoms with van der Waals surface area (Å²) in [5.74, 6) is 0. The van der Waals surface area contributed by atoms with E-state index in [1.165, 1.54) is 17.5 Å². The van der Waals surface area contributed by atoms with E-state index in [0.717, 1.165) is 12.1 Å². The summed E-state index contributed by atoms with van der Waals surface area (Å²) in [5.41, 5.74) is 3.60. The van der Waals surface area contributed by atoms with Gasteiger partial charge in [-0.3, -0.25) is 0 Å². The van der Waals surface area contributed by atoms with Crippen LogP contribution in [0.1, 0.15) is 37.4 Å². The van der Waals surface area contributed by atoms with Gasteiger partial charge in [-0.2, -0.15) is 0 Å². The van der Waals surface area contributed by atoms with Crippen molar-refractivity contribution in [1.82, 2.24) is 5.32 Å². The fourth-order valence-corrected chi connectivity index (χ4v) is 2.53. The second-order valence-electron chi connectivity index (χ2n) is 5.18. The molecule has 0 radical (unpaired) electrons. The van der Waals surface area contributed by atoms with Crippen molar-refractivity contribution in [3.8, 4) is 0 Å². The molecule has 2 nitrogen and oxygen atoms in total. The fourth-order valence-electron chi connectivity index (χ4n) is 2.23. The number of rotatable bonds is 5. The number of nitrogens with one attached hydrogen (secondary N) is 2. The topological polar surface area (TPSA) is 24.1 Å². The summed E-state index contributed by atoms with van der Waals surface area (Å²) in [5, 5.41) is 7.18. The van der Waals surface area contributed by atoms with Gasteiger partial charge in [0, 0.05) is 5.69 Å². The van der Waals surface area contributed by atoms with Crippen LogP contribution < -0.4 is 10.6 Å². The molecule has 1 atom stereocenters. The highest BCUT2D eigenvalue weighted by Crippen LogP contribution is 2.13. The average Bonchev–Trinajstić information content (AvgIpc) is 2.50. The first kappa shape index (κ1) is 15.5. The standard InChI is InChI=1S/C18H22N2S/c1-3-7-15-10-12-17(13-11-15)20-18(21)19-14(2)16-8-5-4-6-9-16/h4-6,8-14H,3,7H2,1-2H3,(H2,19,20,21). The number of anilines is 1. The van der Waals surface area contributed by atoms with Crippen molar-refractivity contribution >= 4 is 23.0 Å². The van der Waals surface area contributed by atoms with E-state index in [1.807, 2.05) is 18.2 Å². The predicted molar refractivity (Wildman–Crippen MR) is 94.7 cm³/mol. The first-order valence-corrected chi connectivity index (χ1v) is 7.81. The van der Waals surface area contributed by atoms with E-state index in [0.29, 0.717) is 5.11 Å². The normalized spacial score (nSPS) is 11.7. The van der Waals surface area contributed by atoms with E-state index < -0.39 is 0 Å². The van der Waals surface area contributed by atoms with Gasteiger partial charge in [0.1, 0.15) is 0 Å². The number of aryl methyl sites for hydroxylation is 1. The summed E-state index contributed by atoms with van der Waals surface area (Å²) in [6, 6.07) is 18.9. The maximum absolute atomic E-state index is 5.37. The van der Waals surface area contributed by atoms with Crippen LogP contribution in [0.4, 0.5) is 5.69 Å². The third kappa shape index (κ3) is 4.87. The lowest BCUT2D eigenvalue weighted by Gasteiger charge is -2.17. The molecule has 110 valence electrons. The summed E-state index contributed by atoms with van der Waals surface area (Å²) in [4.78, 5) is 0. The molecular formula is C18H22N2S. The van der Waals surface area contributed by atoms with Gasteiger partial charge in [-0.1, -0.05) is 55.8 Å². The summed E-state index contributed by atoms with van der Waals surface area (Å²) < 4.78 is 0. The molecule has 0 saturated carbocycles. The van der Waals surface area contributed by atoms with Crippen LogP contribution in [0.15, 0.2) is 54.6 Å². The molecule has 2 N–H and O–H groups in total. The zero-order valence-electron chi connectivity index (χ0n) is 12.6. The Morgan fingerprint density at radius 2 is 1.71 bits per heavy atom. The summed E-state index contributed by atoms with van der Waals surface area (Å²) in [6.45, 7) is 4.30. The Kier molecular flexibility index (Phi) is 5.76. The zero-order chi connectivity index (χ0) is 15.1. The van der Waals surface area contributed by atoms with E-state index in [-0.39, 0.29) is 6.04 Å². The van der Waals surface area contributed by atoms with Crippen molar-refractivity contribution in [2.45, 2.75) is 32.7 Å². The average molecular weight is 298 g/mol. The number of thiocarbonyl (C=S) groups is 1. The Morgan fingerprint density at radius 1 is 1.05 bits per heavy atom. The van der Waals surface area contributed by atoms with Crippen LogP contribution in [0, 0.1) is 0 Å². The molecule has 0 fully saturated rings. The van der Waals surface area contributed by atoms with Crippen molar-refractivity contribution in [3.05, 3.63) is 65.7 Å². The second-order valence-corrected chi connectivity index (χ2v) is 5.59. The highest BCUT2D eigenvalue weighted by molar-refractivity contribution is 7.80. The van der Waals surface area contributed by atoms with Crippen LogP contribution >= 0.6 is 12.2 Å². The van der Waals surface area contributed by atoms with Crippen molar-refractivity contribution in [1.29, 1.82) is 0 Å². The summed E-state index contributed by atoms with van der Waals surface area (Å²) in [6.07, 6.45) is 2.29. The van der Waals surface area contributed by atoms with Gasteiger partial charge in [0.15, 0.2) is 5.11 Å². The monoisotopic (exact) mass is 298 g/mol. The minimum absolute atomic E-state index is 0.186. The lowest BCUT2D eigenvalue weighted by atomic mass is 10.1. The van der Waals surface area contributed by atoms with E-state index in [2.05, 4.69) is 60.9 Å². The Morgan fingerprint density at radius 3 is 2.33 bits per heavy atom. The molecule has 2 aromatic rings. The molecule has 2 rings (SSSR count). The van der Waals surface area contributed by atoms with Crippen LogP contribution in [0.5, 0.6) is 0 Å². The zero-order valence-corrected chi connectivity index (χ0v) is 13.4. The van der Waals surface area contributed by atoms with Gasteiger partial charge in [0.2, 0.25) is 0 Å². The molecule has 0 aliphatic rings. The molecular weight excluding hydrogens is 276 g/mol. The molecule has 0 aliphatic heterocycles. The number of benzene rings is 2. The molecule has 0 aliphatic carbocycles. The smallest absolute Gasteiger partial charge is 0.171 e. The van der Waals surface area contributed by atoms with Gasteiger partial charge in [0.25, 0.3) is 0 Å². The Bertz CT molecular complexity index is 564. The lowest BCUT2D eigenvalue weighted by molar-refractivity contribution is 0.722. The van der Waals surface area contributed by atoms with E-state index in [4.69, 9.17) is 12.2 Å². The summed E-state index contributed by atoms with van der Waals surface area (Å²) in [7, 11) is 0. The molecule has 0 heterocycles. The van der Waals surface area contributed by atoms with E-state index in [1.54, 1.807) is 0 Å². The highest BCUT2D eigenvalue weighted by atomic mass is 32.1. The van der Waals surface area contributed by atoms with Crippen LogP contribution in [0.3, 0.4) is 0 Å². The quantitative estimate of drug-likeness (QED) is 0.783.